The molecule has 1 N–H and O–H groups in total. The number of rotatable bonds is 1. The molecular formula is C22H37N. The lowest BCUT2D eigenvalue weighted by atomic mass is 9.45. The van der Waals surface area contributed by atoms with E-state index >= 15 is 0 Å². The minimum atomic E-state index is 0.557. The fraction of sp³-hybridized carbons (Fsp3) is 0.909. The topological polar surface area (TPSA) is 12.0 Å². The van der Waals surface area contributed by atoms with Crippen LogP contribution >= 0.6 is 0 Å². The van der Waals surface area contributed by atoms with E-state index in [0.717, 1.165) is 29.7 Å². The Kier molecular flexibility index (Phi) is 3.95. The van der Waals surface area contributed by atoms with Crippen LogP contribution in [-0.4, -0.2) is 13.1 Å². The summed E-state index contributed by atoms with van der Waals surface area (Å²) < 4.78 is 0. The molecule has 1 heteroatoms. The lowest BCUT2D eigenvalue weighted by Gasteiger charge is -2.60. The Morgan fingerprint density at radius 1 is 1.00 bits per heavy atom. The number of hydrogen-bond acceptors (Lipinski definition) is 1. The third kappa shape index (κ3) is 2.21. The molecular weight excluding hydrogens is 278 g/mol. The molecule has 130 valence electrons. The Bertz CT molecular complexity index is 494. The monoisotopic (exact) mass is 315 g/mol. The first-order valence-corrected chi connectivity index (χ1v) is 10.4. The molecule has 0 bridgehead atoms. The molecule has 4 fully saturated rings. The van der Waals surface area contributed by atoms with Gasteiger partial charge in [-0.3, -0.25) is 0 Å². The quantitative estimate of drug-likeness (QED) is 0.624. The SMILES string of the molecule is C/C=C1/CC[C@H]2[C@@H]3CCC4C[C@@H](NC)CC[C@]4(C)[C@H]3CC[C@]12C. The summed E-state index contributed by atoms with van der Waals surface area (Å²) in [6, 6.07) is 0.791. The van der Waals surface area contributed by atoms with Gasteiger partial charge in [-0.1, -0.05) is 25.5 Å². The molecule has 0 amide bonds. The Balaban J connectivity index is 1.60. The molecule has 0 aromatic heterocycles. The Hall–Kier alpha value is -0.300. The van der Waals surface area contributed by atoms with E-state index in [4.69, 9.17) is 0 Å². The molecule has 0 aromatic rings. The van der Waals surface area contributed by atoms with Gasteiger partial charge >= 0.3 is 0 Å². The second kappa shape index (κ2) is 5.61. The lowest BCUT2D eigenvalue weighted by molar-refractivity contribution is -0.101. The Morgan fingerprint density at radius 2 is 1.83 bits per heavy atom. The molecule has 4 saturated carbocycles. The van der Waals surface area contributed by atoms with E-state index in [-0.39, 0.29) is 0 Å². The van der Waals surface area contributed by atoms with Gasteiger partial charge in [0.1, 0.15) is 0 Å². The van der Waals surface area contributed by atoms with Gasteiger partial charge in [-0.15, -0.1) is 0 Å². The van der Waals surface area contributed by atoms with Crippen molar-refractivity contribution in [3.63, 3.8) is 0 Å². The van der Waals surface area contributed by atoms with E-state index in [0.29, 0.717) is 10.8 Å². The van der Waals surface area contributed by atoms with E-state index < -0.39 is 0 Å². The maximum Gasteiger partial charge on any atom is 0.00671 e. The van der Waals surface area contributed by atoms with Crippen molar-refractivity contribution in [2.75, 3.05) is 7.05 Å². The van der Waals surface area contributed by atoms with Gasteiger partial charge in [0, 0.05) is 6.04 Å². The summed E-state index contributed by atoms with van der Waals surface area (Å²) in [5, 5.41) is 3.58. The van der Waals surface area contributed by atoms with Crippen LogP contribution in [0.25, 0.3) is 0 Å². The van der Waals surface area contributed by atoms with Crippen molar-refractivity contribution in [2.24, 2.45) is 34.5 Å². The molecule has 23 heavy (non-hydrogen) atoms. The number of hydrogen-bond donors (Lipinski definition) is 1. The third-order valence-electron chi connectivity index (χ3n) is 9.27. The van der Waals surface area contributed by atoms with Crippen LogP contribution in [0.4, 0.5) is 0 Å². The second-order valence-corrected chi connectivity index (χ2v) is 9.73. The van der Waals surface area contributed by atoms with Gasteiger partial charge in [0.15, 0.2) is 0 Å². The van der Waals surface area contributed by atoms with Crippen LogP contribution < -0.4 is 5.32 Å². The maximum atomic E-state index is 3.58. The van der Waals surface area contributed by atoms with Gasteiger partial charge in [-0.25, -0.2) is 0 Å². The lowest BCUT2D eigenvalue weighted by Crippen LogP contribution is -2.54. The molecule has 0 spiro atoms. The van der Waals surface area contributed by atoms with Crippen LogP contribution in [0, 0.1) is 34.5 Å². The number of nitrogens with one attached hydrogen (secondary N) is 1. The fourth-order valence-electron chi connectivity index (χ4n) is 7.84. The molecule has 7 atom stereocenters. The molecule has 0 radical (unpaired) electrons. The first kappa shape index (κ1) is 16.2. The summed E-state index contributed by atoms with van der Waals surface area (Å²) in [6.07, 6.45) is 15.7. The van der Waals surface area contributed by atoms with Crippen molar-refractivity contribution in [1.29, 1.82) is 0 Å². The van der Waals surface area contributed by atoms with Crippen molar-refractivity contribution in [2.45, 2.75) is 84.6 Å². The predicted molar refractivity (Wildman–Crippen MR) is 98.3 cm³/mol. The van der Waals surface area contributed by atoms with Gasteiger partial charge < -0.3 is 5.32 Å². The highest BCUT2D eigenvalue weighted by molar-refractivity contribution is 5.23. The van der Waals surface area contributed by atoms with Crippen molar-refractivity contribution in [1.82, 2.24) is 5.32 Å². The minimum absolute atomic E-state index is 0.557. The number of allylic oxidation sites excluding steroid dienone is 2. The fourth-order valence-corrected chi connectivity index (χ4v) is 7.84. The summed E-state index contributed by atoms with van der Waals surface area (Å²) in [5.41, 5.74) is 3.00. The smallest absolute Gasteiger partial charge is 0.00671 e. The zero-order valence-corrected chi connectivity index (χ0v) is 15.8. The molecule has 1 unspecified atom stereocenters. The van der Waals surface area contributed by atoms with Gasteiger partial charge in [0.25, 0.3) is 0 Å². The summed E-state index contributed by atoms with van der Waals surface area (Å²) in [7, 11) is 2.17. The van der Waals surface area contributed by atoms with E-state index in [1.54, 1.807) is 5.57 Å². The van der Waals surface area contributed by atoms with Gasteiger partial charge in [0.05, 0.1) is 0 Å². The summed E-state index contributed by atoms with van der Waals surface area (Å²) in [4.78, 5) is 0. The zero-order valence-electron chi connectivity index (χ0n) is 15.8. The standard InChI is InChI=1S/C22H37N/c1-5-15-7-9-19-18-8-6-16-14-17(23-4)10-12-22(16,3)20(18)11-13-21(15,19)2/h5,16-20,23H,6-14H2,1-4H3/b15-5-/t16?,17-,18-,19-,20-,21+,22-/m0/s1. The molecule has 1 nitrogen and oxygen atoms in total. The van der Waals surface area contributed by atoms with Gasteiger partial charge in [-0.2, -0.15) is 0 Å². The highest BCUT2D eigenvalue weighted by Gasteiger charge is 2.58. The van der Waals surface area contributed by atoms with Crippen LogP contribution in [-0.2, 0) is 0 Å². The highest BCUT2D eigenvalue weighted by Crippen LogP contribution is 2.67. The molecule has 0 aliphatic heterocycles. The van der Waals surface area contributed by atoms with E-state index in [1.165, 1.54) is 57.8 Å². The average molecular weight is 316 g/mol. The van der Waals surface area contributed by atoms with E-state index in [9.17, 15) is 0 Å². The number of fused-ring (bicyclic) bond motifs is 5. The molecule has 0 heterocycles. The zero-order chi connectivity index (χ0) is 16.2. The normalized spacial score (nSPS) is 54.4. The Labute approximate surface area is 143 Å². The van der Waals surface area contributed by atoms with Gasteiger partial charge in [0.2, 0.25) is 0 Å². The molecule has 0 saturated heterocycles. The summed E-state index contributed by atoms with van der Waals surface area (Å²) in [5.74, 6) is 4.03. The molecule has 4 aliphatic carbocycles. The molecule has 0 aromatic carbocycles. The Morgan fingerprint density at radius 3 is 2.57 bits per heavy atom. The summed E-state index contributed by atoms with van der Waals surface area (Å²) in [6.45, 7) is 7.59. The average Bonchev–Trinajstić information content (AvgIpc) is 2.90. The van der Waals surface area contributed by atoms with Crippen LogP contribution in [0.3, 0.4) is 0 Å². The van der Waals surface area contributed by atoms with E-state index in [2.05, 4.69) is 39.2 Å². The largest absolute Gasteiger partial charge is 0.317 e. The molecule has 4 rings (SSSR count). The highest BCUT2D eigenvalue weighted by atomic mass is 14.9. The van der Waals surface area contributed by atoms with Crippen molar-refractivity contribution in [3.8, 4) is 0 Å². The van der Waals surface area contributed by atoms with Crippen molar-refractivity contribution < 1.29 is 0 Å². The van der Waals surface area contributed by atoms with Crippen LogP contribution in [0.2, 0.25) is 0 Å². The summed E-state index contributed by atoms with van der Waals surface area (Å²) >= 11 is 0. The van der Waals surface area contributed by atoms with Crippen LogP contribution in [0.15, 0.2) is 11.6 Å². The third-order valence-corrected chi connectivity index (χ3v) is 9.27. The van der Waals surface area contributed by atoms with Crippen LogP contribution in [0.5, 0.6) is 0 Å². The minimum Gasteiger partial charge on any atom is -0.317 e. The van der Waals surface area contributed by atoms with E-state index in [1.807, 2.05) is 0 Å². The predicted octanol–water partition coefficient (Wildman–Crippen LogP) is 5.56. The first-order valence-electron chi connectivity index (χ1n) is 10.4. The molecule has 4 aliphatic rings. The maximum absolute atomic E-state index is 3.58. The van der Waals surface area contributed by atoms with Crippen LogP contribution in [0.1, 0.15) is 78.6 Å². The van der Waals surface area contributed by atoms with Crippen molar-refractivity contribution >= 4 is 0 Å². The van der Waals surface area contributed by atoms with Gasteiger partial charge in [-0.05, 0) is 106 Å². The second-order valence-electron chi connectivity index (χ2n) is 9.73. The van der Waals surface area contributed by atoms with Crippen molar-refractivity contribution in [3.05, 3.63) is 11.6 Å². The first-order chi connectivity index (χ1) is 11.0.